The van der Waals surface area contributed by atoms with E-state index in [2.05, 4.69) is 24.3 Å². The predicted molar refractivity (Wildman–Crippen MR) is 92.1 cm³/mol. The molecule has 2 aliphatic carbocycles. The fourth-order valence-electron chi connectivity index (χ4n) is 4.25. The van der Waals surface area contributed by atoms with Crippen molar-refractivity contribution in [3.63, 3.8) is 0 Å². The Hall–Kier alpha value is 0.847. The summed E-state index contributed by atoms with van der Waals surface area (Å²) in [5, 5.41) is 0. The summed E-state index contributed by atoms with van der Waals surface area (Å²) in [6.07, 6.45) is 14.8. The summed E-state index contributed by atoms with van der Waals surface area (Å²) in [6.45, 7) is 0. The Morgan fingerprint density at radius 2 is 1.25 bits per heavy atom. The van der Waals surface area contributed by atoms with Crippen LogP contribution in [0.1, 0.15) is 64.2 Å². The van der Waals surface area contributed by atoms with Crippen LogP contribution in [0.15, 0.2) is 24.3 Å². The van der Waals surface area contributed by atoms with Crippen molar-refractivity contribution in [1.82, 2.24) is 0 Å². The van der Waals surface area contributed by atoms with Crippen molar-refractivity contribution in [3.8, 4) is 5.75 Å². The van der Waals surface area contributed by atoms with Gasteiger partial charge in [-0.1, -0.05) is 0 Å². The van der Waals surface area contributed by atoms with Gasteiger partial charge in [0, 0.05) is 0 Å². The van der Waals surface area contributed by atoms with Gasteiger partial charge in [-0.05, 0) is 0 Å². The number of ether oxygens (including phenoxy) is 1. The number of benzene rings is 1. The Morgan fingerprint density at radius 3 is 1.71 bits per heavy atom. The fraction of sp³-hybridized carbons (Fsp3) is 0.684. The third-order valence-electron chi connectivity index (χ3n) is 5.30. The Balaban J connectivity index is 0.00000176. The van der Waals surface area contributed by atoms with E-state index >= 15 is 0 Å². The molecule has 140 valence electrons. The van der Waals surface area contributed by atoms with Gasteiger partial charge in [0.15, 0.2) is 0 Å². The third kappa shape index (κ3) is 6.23. The first-order valence-corrected chi connectivity index (χ1v) is 11.9. The van der Waals surface area contributed by atoms with Crippen LogP contribution in [0.2, 0.25) is 9.41 Å². The zero-order valence-electron chi connectivity index (χ0n) is 14.5. The van der Waals surface area contributed by atoms with Crippen molar-refractivity contribution < 1.29 is 50.6 Å². The normalized spacial score (nSPS) is 18.9. The molecule has 1 aromatic carbocycles. The molecule has 0 aliphatic heterocycles. The summed E-state index contributed by atoms with van der Waals surface area (Å²) in [6, 6.07) is 8.98. The van der Waals surface area contributed by atoms with E-state index in [1.54, 1.807) is 4.35 Å². The zero-order valence-corrected chi connectivity index (χ0v) is 20.1. The first kappa shape index (κ1) is 24.8. The van der Waals surface area contributed by atoms with E-state index in [-0.39, 0.29) is 45.9 Å². The van der Waals surface area contributed by atoms with E-state index in [0.29, 0.717) is 0 Å². The van der Waals surface area contributed by atoms with Crippen LogP contribution in [0.5, 0.6) is 5.75 Å². The van der Waals surface area contributed by atoms with Gasteiger partial charge >= 0.3 is 156 Å². The van der Waals surface area contributed by atoms with E-state index in [4.69, 9.17) is 4.74 Å². The molecule has 5 heteroatoms. The zero-order chi connectivity index (χ0) is 14.5. The van der Waals surface area contributed by atoms with Crippen LogP contribution in [-0.2, 0) is 21.1 Å². The van der Waals surface area contributed by atoms with Crippen LogP contribution < -0.4 is 33.9 Å². The largest absolute Gasteiger partial charge is 2.00 e. The minimum atomic E-state index is -1.02. The van der Waals surface area contributed by atoms with Gasteiger partial charge in [-0.25, -0.2) is 0 Å². The molecule has 0 unspecified atom stereocenters. The number of methoxy groups -OCH3 is 1. The summed E-state index contributed by atoms with van der Waals surface area (Å²) in [4.78, 5) is 0. The van der Waals surface area contributed by atoms with Crippen molar-refractivity contribution in [2.24, 2.45) is 0 Å². The van der Waals surface area contributed by atoms with E-state index < -0.39 is 14.7 Å². The Kier molecular flexibility index (Phi) is 13.5. The molecule has 3 rings (SSSR count). The summed E-state index contributed by atoms with van der Waals surface area (Å²) in [5.41, 5.74) is 0. The van der Waals surface area contributed by atoms with E-state index in [1.165, 1.54) is 70.0 Å². The standard InChI is InChI=1S/C19H29AsO.2ClH.Pt/c1-21-19-15-9-8-14-18(19)20(16-10-4-2-5-11-16)17-12-6-3-7-13-17;;;/h8-9,14-17H,2-7,10-13H2,1H3;2*1H;/q;;;+2/p-2. The van der Waals surface area contributed by atoms with Gasteiger partial charge in [0.25, 0.3) is 0 Å². The van der Waals surface area contributed by atoms with Crippen molar-refractivity contribution in [2.75, 3.05) is 7.11 Å². The smallest absolute Gasteiger partial charge is 1.00 e. The van der Waals surface area contributed by atoms with E-state index in [1.807, 2.05) is 7.11 Å². The second-order valence-corrected chi connectivity index (χ2v) is 12.4. The molecule has 2 fully saturated rings. The Morgan fingerprint density at radius 1 is 0.792 bits per heavy atom. The number of para-hydroxylation sites is 1. The Bertz CT molecular complexity index is 431. The summed E-state index contributed by atoms with van der Waals surface area (Å²) in [7, 11) is 1.85. The topological polar surface area (TPSA) is 9.23 Å². The molecular formula is C19H29AsCl2OPt. The molecule has 0 bridgehead atoms. The first-order valence-electron chi connectivity index (χ1n) is 8.81. The first-order chi connectivity index (χ1) is 10.4. The maximum Gasteiger partial charge on any atom is 2.00 e. The number of halogens is 2. The summed E-state index contributed by atoms with van der Waals surface area (Å²) in [5.74, 6) is 1.19. The minimum absolute atomic E-state index is 0. The number of hydrogen-bond donors (Lipinski definition) is 0. The van der Waals surface area contributed by atoms with Crippen LogP contribution in [-0.4, -0.2) is 21.8 Å². The predicted octanol–water partition coefficient (Wildman–Crippen LogP) is -0.929. The molecule has 0 N–H and O–H groups in total. The SMILES string of the molecule is COc1ccccc1[As](C1CCCCC1)C1CCCCC1.[Cl-].[Cl-].[Pt+2]. The quantitative estimate of drug-likeness (QED) is 0.399. The van der Waals surface area contributed by atoms with Crippen LogP contribution in [0.4, 0.5) is 0 Å². The average molecular weight is 614 g/mol. The van der Waals surface area contributed by atoms with Crippen molar-refractivity contribution >= 4 is 19.0 Å². The van der Waals surface area contributed by atoms with Crippen LogP contribution in [0.25, 0.3) is 0 Å². The molecular weight excluding hydrogens is 585 g/mol. The molecule has 24 heavy (non-hydrogen) atoms. The second-order valence-electron chi connectivity index (χ2n) is 6.66. The van der Waals surface area contributed by atoms with Crippen molar-refractivity contribution in [2.45, 2.75) is 73.6 Å². The molecule has 0 heterocycles. The molecule has 2 saturated carbocycles. The van der Waals surface area contributed by atoms with E-state index in [9.17, 15) is 0 Å². The Labute approximate surface area is 179 Å². The molecule has 0 spiro atoms. The van der Waals surface area contributed by atoms with Crippen molar-refractivity contribution in [3.05, 3.63) is 24.3 Å². The van der Waals surface area contributed by atoms with E-state index in [0.717, 1.165) is 9.41 Å². The van der Waals surface area contributed by atoms with Crippen LogP contribution in [0, 0.1) is 0 Å². The van der Waals surface area contributed by atoms with Gasteiger partial charge < -0.3 is 24.8 Å². The molecule has 1 aromatic rings. The number of rotatable bonds is 4. The second kappa shape index (κ2) is 13.1. The molecule has 1 nitrogen and oxygen atoms in total. The number of hydrogen-bond acceptors (Lipinski definition) is 1. The molecule has 0 saturated heterocycles. The summed E-state index contributed by atoms with van der Waals surface area (Å²) >= 11 is -1.02. The van der Waals surface area contributed by atoms with Gasteiger partial charge in [-0.2, -0.15) is 0 Å². The maximum absolute atomic E-state index is 5.74. The molecule has 0 aromatic heterocycles. The van der Waals surface area contributed by atoms with Crippen LogP contribution in [0.3, 0.4) is 0 Å². The monoisotopic (exact) mass is 613 g/mol. The van der Waals surface area contributed by atoms with Gasteiger partial charge in [-0.3, -0.25) is 0 Å². The molecule has 0 amide bonds. The average Bonchev–Trinajstić information content (AvgIpc) is 2.58. The summed E-state index contributed by atoms with van der Waals surface area (Å²) < 4.78 is 9.46. The molecule has 0 radical (unpaired) electrons. The van der Waals surface area contributed by atoms with Gasteiger partial charge in [0.05, 0.1) is 0 Å². The van der Waals surface area contributed by atoms with Crippen molar-refractivity contribution in [1.29, 1.82) is 0 Å². The maximum atomic E-state index is 5.74. The molecule has 0 atom stereocenters. The fourth-order valence-corrected chi connectivity index (χ4v) is 12.4. The third-order valence-corrected chi connectivity index (χ3v) is 12.7. The van der Waals surface area contributed by atoms with Gasteiger partial charge in [0.2, 0.25) is 0 Å². The van der Waals surface area contributed by atoms with Crippen LogP contribution >= 0.6 is 0 Å². The van der Waals surface area contributed by atoms with Gasteiger partial charge in [0.1, 0.15) is 0 Å². The van der Waals surface area contributed by atoms with Gasteiger partial charge in [-0.15, -0.1) is 0 Å². The minimum Gasteiger partial charge on any atom is -1.00 e. The molecule has 2 aliphatic rings.